The highest BCUT2D eigenvalue weighted by atomic mass is 32.1. The van der Waals surface area contributed by atoms with Gasteiger partial charge in [0.05, 0.1) is 13.2 Å². The summed E-state index contributed by atoms with van der Waals surface area (Å²) in [6.07, 6.45) is 1.63. The van der Waals surface area contributed by atoms with E-state index in [0.29, 0.717) is 37.0 Å². The monoisotopic (exact) mass is 374 g/mol. The summed E-state index contributed by atoms with van der Waals surface area (Å²) >= 11 is 1.35. The Morgan fingerprint density at radius 3 is 2.69 bits per heavy atom. The molecule has 0 spiro atoms. The van der Waals surface area contributed by atoms with Gasteiger partial charge in [0.1, 0.15) is 6.54 Å². The summed E-state index contributed by atoms with van der Waals surface area (Å²) in [6, 6.07) is 9.04. The maximum atomic E-state index is 12.8. The lowest BCUT2D eigenvalue weighted by molar-refractivity contribution is -0.117. The number of hydrogen-bond acceptors (Lipinski definition) is 6. The standard InChI is InChI=1S/C18H22N4O3S/c23-16(20-18-19-6-13-26-18)14-22(8-7-21-9-11-25-12-10-21)17(24)15-4-2-1-3-5-15/h1-6,13H,7-12,14H2,(H,19,20,23). The van der Waals surface area contributed by atoms with Gasteiger partial charge in [-0.25, -0.2) is 4.98 Å². The number of ether oxygens (including phenoxy) is 1. The summed E-state index contributed by atoms with van der Waals surface area (Å²) in [5.41, 5.74) is 0.580. The van der Waals surface area contributed by atoms with Gasteiger partial charge in [0.2, 0.25) is 5.91 Å². The quantitative estimate of drug-likeness (QED) is 0.796. The highest BCUT2D eigenvalue weighted by molar-refractivity contribution is 7.13. The van der Waals surface area contributed by atoms with Crippen LogP contribution in [0.4, 0.5) is 5.13 Å². The number of hydrogen-bond donors (Lipinski definition) is 1. The fraction of sp³-hybridized carbons (Fsp3) is 0.389. The van der Waals surface area contributed by atoms with Gasteiger partial charge in [-0.2, -0.15) is 0 Å². The van der Waals surface area contributed by atoms with Crippen molar-refractivity contribution in [1.82, 2.24) is 14.8 Å². The lowest BCUT2D eigenvalue weighted by Gasteiger charge is -2.30. The van der Waals surface area contributed by atoms with Crippen molar-refractivity contribution in [3.05, 3.63) is 47.5 Å². The van der Waals surface area contributed by atoms with Crippen molar-refractivity contribution in [3.8, 4) is 0 Å². The van der Waals surface area contributed by atoms with Gasteiger partial charge in [-0.05, 0) is 12.1 Å². The molecule has 8 heteroatoms. The minimum absolute atomic E-state index is 0.00233. The van der Waals surface area contributed by atoms with E-state index in [1.54, 1.807) is 28.6 Å². The number of amides is 2. The third kappa shape index (κ3) is 5.35. The minimum Gasteiger partial charge on any atom is -0.379 e. The average Bonchev–Trinajstić information content (AvgIpc) is 3.19. The Bertz CT molecular complexity index is 702. The second kappa shape index (κ2) is 9.42. The molecule has 0 atom stereocenters. The minimum atomic E-state index is -0.244. The van der Waals surface area contributed by atoms with Crippen LogP contribution in [0, 0.1) is 0 Å². The SMILES string of the molecule is O=C(CN(CCN1CCOCC1)C(=O)c1ccccc1)Nc1nccs1. The van der Waals surface area contributed by atoms with E-state index in [1.807, 2.05) is 18.2 Å². The Morgan fingerprint density at radius 2 is 2.00 bits per heavy atom. The van der Waals surface area contributed by atoms with E-state index in [4.69, 9.17) is 4.74 Å². The molecule has 1 N–H and O–H groups in total. The van der Waals surface area contributed by atoms with Gasteiger partial charge in [0.25, 0.3) is 5.91 Å². The fourth-order valence-electron chi connectivity index (χ4n) is 2.72. The molecule has 26 heavy (non-hydrogen) atoms. The van der Waals surface area contributed by atoms with Crippen LogP contribution in [0.25, 0.3) is 0 Å². The Balaban J connectivity index is 1.63. The van der Waals surface area contributed by atoms with Gasteiger partial charge in [-0.1, -0.05) is 18.2 Å². The van der Waals surface area contributed by atoms with E-state index < -0.39 is 0 Å². The van der Waals surface area contributed by atoms with Crippen LogP contribution in [0.15, 0.2) is 41.9 Å². The van der Waals surface area contributed by atoms with Crippen LogP contribution in [0.5, 0.6) is 0 Å². The first-order chi connectivity index (χ1) is 12.7. The fourth-order valence-corrected chi connectivity index (χ4v) is 3.27. The topological polar surface area (TPSA) is 74.8 Å². The molecule has 1 aliphatic heterocycles. The number of anilines is 1. The van der Waals surface area contributed by atoms with E-state index >= 15 is 0 Å². The molecule has 3 rings (SSSR count). The smallest absolute Gasteiger partial charge is 0.254 e. The first-order valence-corrected chi connectivity index (χ1v) is 9.44. The van der Waals surface area contributed by atoms with Crippen LogP contribution in [0.3, 0.4) is 0 Å². The van der Waals surface area contributed by atoms with Crippen LogP contribution >= 0.6 is 11.3 Å². The average molecular weight is 374 g/mol. The van der Waals surface area contributed by atoms with Crippen molar-refractivity contribution < 1.29 is 14.3 Å². The molecule has 0 saturated carbocycles. The Labute approximate surface area is 156 Å². The van der Waals surface area contributed by atoms with Gasteiger partial charge in [-0.15, -0.1) is 11.3 Å². The molecule has 1 aromatic heterocycles. The van der Waals surface area contributed by atoms with Crippen molar-refractivity contribution in [3.63, 3.8) is 0 Å². The lowest BCUT2D eigenvalue weighted by Crippen LogP contribution is -2.45. The van der Waals surface area contributed by atoms with E-state index in [9.17, 15) is 9.59 Å². The molecule has 0 bridgehead atoms. The van der Waals surface area contributed by atoms with E-state index in [2.05, 4.69) is 15.2 Å². The molecule has 0 unspecified atom stereocenters. The van der Waals surface area contributed by atoms with E-state index in [1.165, 1.54) is 11.3 Å². The summed E-state index contributed by atoms with van der Waals surface area (Å²) in [4.78, 5) is 33.1. The highest BCUT2D eigenvalue weighted by Crippen LogP contribution is 2.11. The Hall–Kier alpha value is -2.29. The van der Waals surface area contributed by atoms with Gasteiger partial charge < -0.3 is 15.0 Å². The van der Waals surface area contributed by atoms with Crippen LogP contribution < -0.4 is 5.32 Å². The maximum absolute atomic E-state index is 12.8. The lowest BCUT2D eigenvalue weighted by atomic mass is 10.2. The van der Waals surface area contributed by atoms with Crippen molar-refractivity contribution >= 4 is 28.3 Å². The molecule has 1 fully saturated rings. The number of carbonyl (C=O) groups is 2. The van der Waals surface area contributed by atoms with E-state index in [0.717, 1.165) is 13.1 Å². The summed E-state index contributed by atoms with van der Waals surface area (Å²) in [5, 5.41) is 5.07. The maximum Gasteiger partial charge on any atom is 0.254 e. The Morgan fingerprint density at radius 1 is 1.23 bits per heavy atom. The third-order valence-corrected chi connectivity index (χ3v) is 4.80. The van der Waals surface area contributed by atoms with Crippen molar-refractivity contribution in [1.29, 1.82) is 0 Å². The van der Waals surface area contributed by atoms with Crippen LogP contribution in [-0.4, -0.2) is 72.5 Å². The normalized spacial score (nSPS) is 14.8. The second-order valence-corrected chi connectivity index (χ2v) is 6.83. The molecule has 2 amide bonds. The summed E-state index contributed by atoms with van der Waals surface area (Å²) in [5.74, 6) is -0.389. The molecule has 7 nitrogen and oxygen atoms in total. The third-order valence-electron chi connectivity index (χ3n) is 4.11. The first-order valence-electron chi connectivity index (χ1n) is 8.56. The number of nitrogens with one attached hydrogen (secondary N) is 1. The zero-order valence-corrected chi connectivity index (χ0v) is 15.3. The first kappa shape index (κ1) is 18.5. The largest absolute Gasteiger partial charge is 0.379 e. The molecule has 1 saturated heterocycles. The van der Waals surface area contributed by atoms with Gasteiger partial charge in [-0.3, -0.25) is 14.5 Å². The van der Waals surface area contributed by atoms with Gasteiger partial charge in [0.15, 0.2) is 5.13 Å². The van der Waals surface area contributed by atoms with E-state index in [-0.39, 0.29) is 18.4 Å². The van der Waals surface area contributed by atoms with Crippen molar-refractivity contribution in [2.45, 2.75) is 0 Å². The molecule has 2 aromatic rings. The van der Waals surface area contributed by atoms with Crippen LogP contribution in [0.1, 0.15) is 10.4 Å². The second-order valence-electron chi connectivity index (χ2n) is 5.93. The number of benzene rings is 1. The van der Waals surface area contributed by atoms with Crippen LogP contribution in [0.2, 0.25) is 0 Å². The number of morpholine rings is 1. The molecule has 1 aliphatic rings. The zero-order chi connectivity index (χ0) is 18.2. The molecular formula is C18H22N4O3S. The van der Waals surface area contributed by atoms with Crippen LogP contribution in [-0.2, 0) is 9.53 Å². The number of aromatic nitrogens is 1. The van der Waals surface area contributed by atoms with Crippen molar-refractivity contribution in [2.75, 3.05) is 51.3 Å². The Kier molecular flexibility index (Phi) is 6.70. The van der Waals surface area contributed by atoms with Crippen molar-refractivity contribution in [2.24, 2.45) is 0 Å². The number of nitrogens with zero attached hydrogens (tertiary/aromatic N) is 3. The molecule has 2 heterocycles. The summed E-state index contributed by atoms with van der Waals surface area (Å²) < 4.78 is 5.35. The highest BCUT2D eigenvalue weighted by Gasteiger charge is 2.21. The predicted octanol–water partition coefficient (Wildman–Crippen LogP) is 1.56. The number of rotatable bonds is 7. The number of carbonyl (C=O) groups excluding carboxylic acids is 2. The summed E-state index contributed by atoms with van der Waals surface area (Å²) in [7, 11) is 0. The molecule has 1 aromatic carbocycles. The van der Waals surface area contributed by atoms with Gasteiger partial charge >= 0.3 is 0 Å². The molecule has 0 aliphatic carbocycles. The van der Waals surface area contributed by atoms with Gasteiger partial charge in [0, 0.05) is 43.3 Å². The molecular weight excluding hydrogens is 352 g/mol. The number of thiazole rings is 1. The summed E-state index contributed by atoms with van der Waals surface area (Å²) in [6.45, 7) is 4.30. The zero-order valence-electron chi connectivity index (χ0n) is 14.5. The molecule has 0 radical (unpaired) electrons. The predicted molar refractivity (Wildman–Crippen MR) is 100 cm³/mol. The molecule has 138 valence electrons.